The van der Waals surface area contributed by atoms with Gasteiger partial charge in [-0.15, -0.1) is 0 Å². The molecule has 1 atom stereocenters. The van der Waals surface area contributed by atoms with Crippen LogP contribution >= 0.6 is 0 Å². The maximum Gasteiger partial charge on any atom is 0.338 e. The molecule has 7 nitrogen and oxygen atoms in total. The number of ether oxygens (including phenoxy) is 1. The van der Waals surface area contributed by atoms with Gasteiger partial charge in [0, 0.05) is 38.4 Å². The van der Waals surface area contributed by atoms with E-state index in [1.54, 1.807) is 6.92 Å². The summed E-state index contributed by atoms with van der Waals surface area (Å²) in [7, 11) is 0. The van der Waals surface area contributed by atoms with Gasteiger partial charge in [-0.2, -0.15) is 0 Å². The van der Waals surface area contributed by atoms with Crippen molar-refractivity contribution in [3.05, 3.63) is 46.7 Å². The van der Waals surface area contributed by atoms with Gasteiger partial charge in [0.1, 0.15) is 0 Å². The lowest BCUT2D eigenvalue weighted by Crippen LogP contribution is -2.51. The maximum atomic E-state index is 12.9. The largest absolute Gasteiger partial charge is 0.463 e. The monoisotopic (exact) mass is 386 g/mol. The molecule has 2 aliphatic heterocycles. The summed E-state index contributed by atoms with van der Waals surface area (Å²) in [5, 5.41) is 5.78. The lowest BCUT2D eigenvalue weighted by Gasteiger charge is -2.36. The number of carbonyl (C=O) groups is 2. The molecule has 152 valence electrons. The van der Waals surface area contributed by atoms with Crippen LogP contribution in [0.1, 0.15) is 31.0 Å². The van der Waals surface area contributed by atoms with Crippen molar-refractivity contribution in [2.75, 3.05) is 45.9 Å². The number of carbonyl (C=O) groups excluding carboxylic acids is 2. The van der Waals surface area contributed by atoms with Crippen LogP contribution in [-0.2, 0) is 9.53 Å². The van der Waals surface area contributed by atoms with Crippen molar-refractivity contribution in [3.63, 3.8) is 0 Å². The van der Waals surface area contributed by atoms with Crippen LogP contribution in [0.3, 0.4) is 0 Å². The third-order valence-corrected chi connectivity index (χ3v) is 5.44. The average molecular weight is 386 g/mol. The van der Waals surface area contributed by atoms with Gasteiger partial charge >= 0.3 is 12.0 Å². The smallest absolute Gasteiger partial charge is 0.338 e. The molecular formula is C21H30N4O3. The summed E-state index contributed by atoms with van der Waals surface area (Å²) in [4.78, 5) is 29.9. The molecule has 1 saturated heterocycles. The van der Waals surface area contributed by atoms with Crippen LogP contribution in [0.2, 0.25) is 0 Å². The Morgan fingerprint density at radius 2 is 1.82 bits per heavy atom. The molecule has 1 aromatic carbocycles. The number of likely N-dealkylation sites (N-methyl/N-ethyl adjacent to an activating group) is 1. The summed E-state index contributed by atoms with van der Waals surface area (Å²) in [5.41, 5.74) is 3.06. The van der Waals surface area contributed by atoms with Crippen molar-refractivity contribution >= 4 is 12.0 Å². The average Bonchev–Trinajstić information content (AvgIpc) is 2.68. The second-order valence-corrected chi connectivity index (χ2v) is 7.21. The Labute approximate surface area is 166 Å². The predicted octanol–water partition coefficient (Wildman–Crippen LogP) is 1.80. The van der Waals surface area contributed by atoms with Gasteiger partial charge in [-0.1, -0.05) is 31.2 Å². The standard InChI is InChI=1S/C21H30N4O3/c1-4-24-10-12-25(13-11-24)14-17-18(20(26)28-5-2)19(23-21(27)22-17)16-9-7-6-8-15(16)3/h6-9,19H,4-5,10-14H2,1-3H3,(H2,22,23,27)/t19-/m1/s1. The summed E-state index contributed by atoms with van der Waals surface area (Å²) < 4.78 is 5.35. The minimum Gasteiger partial charge on any atom is -0.463 e. The number of benzene rings is 1. The van der Waals surface area contributed by atoms with E-state index in [4.69, 9.17) is 4.74 Å². The Kier molecular flexibility index (Phi) is 6.70. The van der Waals surface area contributed by atoms with Crippen molar-refractivity contribution < 1.29 is 14.3 Å². The fraction of sp³-hybridized carbons (Fsp3) is 0.524. The van der Waals surface area contributed by atoms with E-state index in [-0.39, 0.29) is 12.0 Å². The maximum absolute atomic E-state index is 12.9. The van der Waals surface area contributed by atoms with Crippen molar-refractivity contribution in [2.24, 2.45) is 0 Å². The molecule has 0 saturated carbocycles. The summed E-state index contributed by atoms with van der Waals surface area (Å²) >= 11 is 0. The molecule has 2 heterocycles. The van der Waals surface area contributed by atoms with Crippen molar-refractivity contribution in [1.29, 1.82) is 0 Å². The minimum absolute atomic E-state index is 0.288. The van der Waals surface area contributed by atoms with Crippen LogP contribution in [0, 0.1) is 6.92 Å². The van der Waals surface area contributed by atoms with Crippen molar-refractivity contribution in [3.8, 4) is 0 Å². The number of nitrogens with one attached hydrogen (secondary N) is 2. The van der Waals surface area contributed by atoms with Gasteiger partial charge in [0.25, 0.3) is 0 Å². The predicted molar refractivity (Wildman–Crippen MR) is 108 cm³/mol. The Bertz CT molecular complexity index is 754. The van der Waals surface area contributed by atoms with Gasteiger partial charge in [0.05, 0.1) is 18.2 Å². The number of piperazine rings is 1. The van der Waals surface area contributed by atoms with E-state index in [0.717, 1.165) is 43.9 Å². The Balaban J connectivity index is 1.93. The lowest BCUT2D eigenvalue weighted by atomic mass is 9.92. The van der Waals surface area contributed by atoms with Gasteiger partial charge in [0.2, 0.25) is 0 Å². The van der Waals surface area contributed by atoms with E-state index in [9.17, 15) is 9.59 Å². The molecule has 28 heavy (non-hydrogen) atoms. The summed E-state index contributed by atoms with van der Waals surface area (Å²) in [6.07, 6.45) is 0. The fourth-order valence-electron chi connectivity index (χ4n) is 3.82. The highest BCUT2D eigenvalue weighted by Crippen LogP contribution is 2.30. The topological polar surface area (TPSA) is 73.9 Å². The van der Waals surface area contributed by atoms with Crippen LogP contribution in [0.4, 0.5) is 4.79 Å². The minimum atomic E-state index is -0.513. The molecule has 2 amide bonds. The molecule has 2 N–H and O–H groups in total. The van der Waals surface area contributed by atoms with Gasteiger partial charge in [-0.05, 0) is 31.5 Å². The molecule has 0 aliphatic carbocycles. The van der Waals surface area contributed by atoms with E-state index >= 15 is 0 Å². The first-order valence-electron chi connectivity index (χ1n) is 10.0. The van der Waals surface area contributed by atoms with Crippen molar-refractivity contribution in [2.45, 2.75) is 26.8 Å². The molecule has 7 heteroatoms. The van der Waals surface area contributed by atoms with E-state index in [2.05, 4.69) is 27.4 Å². The zero-order chi connectivity index (χ0) is 20.1. The number of hydrogen-bond donors (Lipinski definition) is 2. The number of amides is 2. The molecule has 1 aromatic rings. The van der Waals surface area contributed by atoms with E-state index in [1.165, 1.54) is 0 Å². The highest BCUT2D eigenvalue weighted by atomic mass is 16.5. The fourth-order valence-corrected chi connectivity index (χ4v) is 3.82. The molecule has 2 aliphatic rings. The highest BCUT2D eigenvalue weighted by Gasteiger charge is 2.35. The van der Waals surface area contributed by atoms with Crippen LogP contribution in [-0.4, -0.2) is 67.7 Å². The first-order chi connectivity index (χ1) is 13.5. The zero-order valence-corrected chi connectivity index (χ0v) is 17.0. The molecule has 3 rings (SSSR count). The van der Waals surface area contributed by atoms with Crippen molar-refractivity contribution in [1.82, 2.24) is 20.4 Å². The summed E-state index contributed by atoms with van der Waals surface area (Å²) in [5.74, 6) is -0.384. The van der Waals surface area contributed by atoms with Gasteiger partial charge in [-0.3, -0.25) is 4.90 Å². The van der Waals surface area contributed by atoms with Gasteiger partial charge < -0.3 is 20.3 Å². The molecule has 0 unspecified atom stereocenters. The Morgan fingerprint density at radius 1 is 1.14 bits per heavy atom. The Hall–Kier alpha value is -2.38. The number of hydrogen-bond acceptors (Lipinski definition) is 5. The van der Waals surface area contributed by atoms with Crippen LogP contribution in [0.15, 0.2) is 35.5 Å². The normalized spacial score (nSPS) is 21.2. The summed E-state index contributed by atoms with van der Waals surface area (Å²) in [6.45, 7) is 11.6. The van der Waals surface area contributed by atoms with Crippen LogP contribution < -0.4 is 10.6 Å². The second-order valence-electron chi connectivity index (χ2n) is 7.21. The lowest BCUT2D eigenvalue weighted by molar-refractivity contribution is -0.139. The van der Waals surface area contributed by atoms with E-state index in [0.29, 0.717) is 24.4 Å². The third kappa shape index (κ3) is 4.54. The first-order valence-corrected chi connectivity index (χ1v) is 10.0. The SMILES string of the molecule is CCOC(=O)C1=C(CN2CCN(CC)CC2)NC(=O)N[C@@H]1c1ccccc1C. The molecule has 0 bridgehead atoms. The van der Waals surface area contributed by atoms with Crippen LogP contribution in [0.25, 0.3) is 0 Å². The number of urea groups is 1. The molecular weight excluding hydrogens is 356 g/mol. The van der Waals surface area contributed by atoms with E-state index in [1.807, 2.05) is 31.2 Å². The number of nitrogens with zero attached hydrogens (tertiary/aromatic N) is 2. The third-order valence-electron chi connectivity index (χ3n) is 5.44. The second kappa shape index (κ2) is 9.21. The zero-order valence-electron chi connectivity index (χ0n) is 17.0. The number of rotatable bonds is 6. The van der Waals surface area contributed by atoms with Gasteiger partial charge in [0.15, 0.2) is 0 Å². The van der Waals surface area contributed by atoms with E-state index < -0.39 is 6.04 Å². The highest BCUT2D eigenvalue weighted by molar-refractivity contribution is 5.95. The molecule has 0 spiro atoms. The van der Waals surface area contributed by atoms with Gasteiger partial charge in [-0.25, -0.2) is 9.59 Å². The Morgan fingerprint density at radius 3 is 2.46 bits per heavy atom. The quantitative estimate of drug-likeness (QED) is 0.730. The molecule has 0 aromatic heterocycles. The number of esters is 1. The first kappa shape index (κ1) is 20.4. The summed E-state index contributed by atoms with van der Waals surface area (Å²) in [6, 6.07) is 7.00. The molecule has 1 fully saturated rings. The molecule has 0 radical (unpaired) electrons. The van der Waals surface area contributed by atoms with Crippen LogP contribution in [0.5, 0.6) is 0 Å². The number of aryl methyl sites for hydroxylation is 1.